The van der Waals surface area contributed by atoms with E-state index in [9.17, 15) is 10.1 Å². The smallest absolute Gasteiger partial charge is 0.249 e. The van der Waals surface area contributed by atoms with Crippen LogP contribution >= 0.6 is 0 Å². The molecule has 0 amide bonds. The zero-order chi connectivity index (χ0) is 23.3. The van der Waals surface area contributed by atoms with Crippen molar-refractivity contribution in [2.75, 3.05) is 44.2 Å². The van der Waals surface area contributed by atoms with Crippen molar-refractivity contribution < 1.29 is 4.74 Å². The van der Waals surface area contributed by atoms with Crippen molar-refractivity contribution in [3.63, 3.8) is 0 Å². The number of anilines is 1. The highest BCUT2D eigenvalue weighted by Gasteiger charge is 2.18. The summed E-state index contributed by atoms with van der Waals surface area (Å²) in [4.78, 5) is 27.9. The number of unbranched alkanes of at least 4 members (excludes halogenated alkanes) is 1. The quantitative estimate of drug-likeness (QED) is 0.428. The second-order valence-corrected chi connectivity index (χ2v) is 8.47. The van der Waals surface area contributed by atoms with Crippen molar-refractivity contribution in [2.45, 2.75) is 12.8 Å². The summed E-state index contributed by atoms with van der Waals surface area (Å²) in [6, 6.07) is 17.3. The summed E-state index contributed by atoms with van der Waals surface area (Å²) in [5.74, 6) is 0.534. The highest BCUT2D eigenvalue weighted by Crippen LogP contribution is 2.27. The van der Waals surface area contributed by atoms with Crippen LogP contribution < -0.4 is 15.2 Å². The van der Waals surface area contributed by atoms with E-state index in [1.54, 1.807) is 12.3 Å². The summed E-state index contributed by atoms with van der Waals surface area (Å²) in [6.07, 6.45) is 3.62. The lowest BCUT2D eigenvalue weighted by Gasteiger charge is -2.36. The molecule has 0 bridgehead atoms. The molecule has 3 aromatic heterocycles. The van der Waals surface area contributed by atoms with Gasteiger partial charge in [-0.25, -0.2) is 0 Å². The summed E-state index contributed by atoms with van der Waals surface area (Å²) in [5, 5.41) is 11.2. The summed E-state index contributed by atoms with van der Waals surface area (Å²) in [7, 11) is 0. The van der Waals surface area contributed by atoms with E-state index in [4.69, 9.17) is 4.74 Å². The standard InChI is InChI=1S/C26H26N6O2/c27-17-19-16-21-22(28-18-19)4-3-5-23(21)32-13-11-31(12-14-32)10-1-2-15-34-25-9-7-20-6-8-24(33)29-26(20)30-25/h3-9,16,18H,1-2,10-15H2,(H,29,30,33). The molecule has 0 aliphatic carbocycles. The Hall–Kier alpha value is -3.96. The van der Waals surface area contributed by atoms with E-state index >= 15 is 0 Å². The first kappa shape index (κ1) is 21.9. The third-order valence-electron chi connectivity index (χ3n) is 6.22. The lowest BCUT2D eigenvalue weighted by molar-refractivity contribution is 0.237. The van der Waals surface area contributed by atoms with E-state index in [0.717, 1.165) is 67.5 Å². The second kappa shape index (κ2) is 9.89. The highest BCUT2D eigenvalue weighted by atomic mass is 16.5. The fourth-order valence-corrected chi connectivity index (χ4v) is 4.39. The Morgan fingerprint density at radius 2 is 1.91 bits per heavy atom. The molecule has 0 unspecified atom stereocenters. The van der Waals surface area contributed by atoms with Gasteiger partial charge in [0.2, 0.25) is 11.4 Å². The van der Waals surface area contributed by atoms with Gasteiger partial charge in [0.05, 0.1) is 17.7 Å². The van der Waals surface area contributed by atoms with Crippen LogP contribution in [0.2, 0.25) is 0 Å². The normalized spacial score (nSPS) is 14.4. The zero-order valence-corrected chi connectivity index (χ0v) is 18.9. The van der Waals surface area contributed by atoms with Gasteiger partial charge in [0, 0.05) is 61.0 Å². The number of ether oxygens (including phenoxy) is 1. The molecule has 1 saturated heterocycles. The number of pyridine rings is 3. The van der Waals surface area contributed by atoms with E-state index in [1.807, 2.05) is 30.3 Å². The largest absolute Gasteiger partial charge is 0.478 e. The number of nitrogens with one attached hydrogen (secondary N) is 1. The van der Waals surface area contributed by atoms with Crippen LogP contribution in [0.25, 0.3) is 21.9 Å². The number of rotatable bonds is 7. The molecule has 0 spiro atoms. The first-order chi connectivity index (χ1) is 16.7. The van der Waals surface area contributed by atoms with Gasteiger partial charge in [-0.1, -0.05) is 6.07 Å². The van der Waals surface area contributed by atoms with E-state index in [0.29, 0.717) is 23.7 Å². The molecule has 1 fully saturated rings. The van der Waals surface area contributed by atoms with E-state index in [1.165, 1.54) is 6.07 Å². The number of aromatic amines is 1. The lowest BCUT2D eigenvalue weighted by Crippen LogP contribution is -2.46. The number of hydrogen-bond acceptors (Lipinski definition) is 7. The minimum atomic E-state index is -0.165. The Kier molecular flexibility index (Phi) is 6.36. The first-order valence-electron chi connectivity index (χ1n) is 11.6. The molecule has 4 heterocycles. The predicted octanol–water partition coefficient (Wildman–Crippen LogP) is 3.32. The molecule has 34 heavy (non-hydrogen) atoms. The molecular formula is C26H26N6O2. The summed E-state index contributed by atoms with van der Waals surface area (Å²) >= 11 is 0. The molecule has 1 aliphatic rings. The van der Waals surface area contributed by atoms with Crippen LogP contribution in [0.4, 0.5) is 5.69 Å². The molecule has 4 aromatic rings. The third kappa shape index (κ3) is 4.85. The van der Waals surface area contributed by atoms with Gasteiger partial charge in [0.15, 0.2) is 0 Å². The topological polar surface area (TPSA) is 98.1 Å². The average Bonchev–Trinajstić information content (AvgIpc) is 2.88. The maximum Gasteiger partial charge on any atom is 0.249 e. The number of nitrogens with zero attached hydrogens (tertiary/aromatic N) is 5. The number of benzene rings is 1. The Labute approximate surface area is 197 Å². The lowest BCUT2D eigenvalue weighted by atomic mass is 10.1. The molecule has 172 valence electrons. The van der Waals surface area contributed by atoms with Crippen LogP contribution in [0, 0.1) is 11.3 Å². The van der Waals surface area contributed by atoms with Gasteiger partial charge >= 0.3 is 0 Å². The van der Waals surface area contributed by atoms with Crippen molar-refractivity contribution in [3.8, 4) is 11.9 Å². The molecule has 0 radical (unpaired) electrons. The SMILES string of the molecule is N#Cc1cnc2cccc(N3CCN(CCCCOc4ccc5ccc(=O)[nH]c5n4)CC3)c2c1. The number of H-pyrrole nitrogens is 1. The fourth-order valence-electron chi connectivity index (χ4n) is 4.39. The van der Waals surface area contributed by atoms with Crippen molar-refractivity contribution in [3.05, 3.63) is 70.6 Å². The van der Waals surface area contributed by atoms with Crippen molar-refractivity contribution in [1.29, 1.82) is 5.26 Å². The fraction of sp³-hybridized carbons (Fsp3) is 0.308. The summed E-state index contributed by atoms with van der Waals surface area (Å²) in [5.41, 5.74) is 3.05. The maximum atomic E-state index is 11.5. The predicted molar refractivity (Wildman–Crippen MR) is 132 cm³/mol. The van der Waals surface area contributed by atoms with Gasteiger partial charge in [-0.2, -0.15) is 10.2 Å². The van der Waals surface area contributed by atoms with Crippen LogP contribution in [0.3, 0.4) is 0 Å². The first-order valence-corrected chi connectivity index (χ1v) is 11.6. The third-order valence-corrected chi connectivity index (χ3v) is 6.22. The molecule has 5 rings (SSSR count). The van der Waals surface area contributed by atoms with Gasteiger partial charge < -0.3 is 14.6 Å². The number of piperazine rings is 1. The number of hydrogen-bond donors (Lipinski definition) is 1. The number of aromatic nitrogens is 3. The molecule has 1 aromatic carbocycles. The van der Waals surface area contributed by atoms with Crippen LogP contribution in [0.1, 0.15) is 18.4 Å². The van der Waals surface area contributed by atoms with Gasteiger partial charge in [-0.05, 0) is 49.7 Å². The Morgan fingerprint density at radius 1 is 1.06 bits per heavy atom. The van der Waals surface area contributed by atoms with Crippen molar-refractivity contribution in [2.24, 2.45) is 0 Å². The van der Waals surface area contributed by atoms with Crippen LogP contribution in [-0.4, -0.2) is 59.2 Å². The monoisotopic (exact) mass is 454 g/mol. The summed E-state index contributed by atoms with van der Waals surface area (Å²) in [6.45, 7) is 5.53. The second-order valence-electron chi connectivity index (χ2n) is 8.47. The molecule has 8 heteroatoms. The van der Waals surface area contributed by atoms with E-state index in [2.05, 4.69) is 36.9 Å². The van der Waals surface area contributed by atoms with Gasteiger partial charge in [0.25, 0.3) is 0 Å². The van der Waals surface area contributed by atoms with Crippen LogP contribution in [0.15, 0.2) is 59.5 Å². The molecular weight excluding hydrogens is 428 g/mol. The Morgan fingerprint density at radius 3 is 2.76 bits per heavy atom. The van der Waals surface area contributed by atoms with Gasteiger partial charge in [0.1, 0.15) is 11.7 Å². The van der Waals surface area contributed by atoms with E-state index in [-0.39, 0.29) is 5.56 Å². The average molecular weight is 455 g/mol. The minimum absolute atomic E-state index is 0.165. The molecule has 1 N–H and O–H groups in total. The molecule has 0 atom stereocenters. The zero-order valence-electron chi connectivity index (χ0n) is 18.9. The summed E-state index contributed by atoms with van der Waals surface area (Å²) < 4.78 is 5.79. The van der Waals surface area contributed by atoms with Crippen LogP contribution in [0.5, 0.6) is 5.88 Å². The van der Waals surface area contributed by atoms with Gasteiger partial charge in [-0.15, -0.1) is 0 Å². The molecule has 8 nitrogen and oxygen atoms in total. The highest BCUT2D eigenvalue weighted by molar-refractivity contribution is 5.92. The molecule has 0 saturated carbocycles. The Balaban J connectivity index is 1.09. The molecule has 1 aliphatic heterocycles. The van der Waals surface area contributed by atoms with Crippen molar-refractivity contribution >= 4 is 27.6 Å². The number of nitriles is 1. The van der Waals surface area contributed by atoms with Crippen LogP contribution in [-0.2, 0) is 0 Å². The Bertz CT molecular complexity index is 1400. The van der Waals surface area contributed by atoms with E-state index < -0.39 is 0 Å². The number of fused-ring (bicyclic) bond motifs is 2. The van der Waals surface area contributed by atoms with Crippen molar-refractivity contribution in [1.82, 2.24) is 19.9 Å². The minimum Gasteiger partial charge on any atom is -0.478 e. The maximum absolute atomic E-state index is 11.5. The van der Waals surface area contributed by atoms with Gasteiger partial charge in [-0.3, -0.25) is 14.7 Å².